The van der Waals surface area contributed by atoms with E-state index in [1.54, 1.807) is 0 Å². The minimum Gasteiger partial charge on any atom is -0.248 e. The Morgan fingerprint density at radius 3 is 1.44 bits per heavy atom. The third kappa shape index (κ3) is 5.30. The normalized spacial score (nSPS) is 20.1. The second-order valence-electron chi connectivity index (χ2n) is 10.2. The molecule has 1 heterocycles. The van der Waals surface area contributed by atoms with Crippen LogP contribution >= 0.6 is 16.1 Å². The predicted molar refractivity (Wildman–Crippen MR) is 153 cm³/mol. The molecule has 2 atom stereocenters. The number of nitrogens with zero attached hydrogens (tertiary/aromatic N) is 1. The van der Waals surface area contributed by atoms with Crippen molar-refractivity contribution in [1.29, 1.82) is 0 Å². The summed E-state index contributed by atoms with van der Waals surface area (Å²) in [7, 11) is -2.71. The zero-order valence-corrected chi connectivity index (χ0v) is 23.1. The van der Waals surface area contributed by atoms with E-state index in [0.29, 0.717) is 0 Å². The lowest BCUT2D eigenvalue weighted by Gasteiger charge is -2.49. The molecule has 0 aromatic heterocycles. The quantitative estimate of drug-likeness (QED) is 0.160. The zero-order valence-electron chi connectivity index (χ0n) is 21.4. The van der Waals surface area contributed by atoms with Gasteiger partial charge in [-0.25, -0.2) is 22.0 Å². The van der Waals surface area contributed by atoms with E-state index in [1.165, 1.54) is 35.4 Å². The fourth-order valence-electron chi connectivity index (χ4n) is 5.80. The molecule has 1 nitrogen and oxygen atoms in total. The molecule has 1 aliphatic heterocycles. The molecule has 0 amide bonds. The molecule has 39 heavy (non-hydrogen) atoms. The third-order valence-electron chi connectivity index (χ3n) is 7.84. The summed E-state index contributed by atoms with van der Waals surface area (Å²) in [5.41, 5.74) is 2.90. The van der Waals surface area contributed by atoms with Crippen molar-refractivity contribution in [1.82, 2.24) is 4.44 Å². The van der Waals surface area contributed by atoms with Crippen molar-refractivity contribution in [3.05, 3.63) is 131 Å². The lowest BCUT2D eigenvalue weighted by Crippen LogP contribution is -2.40. The molecule has 0 unspecified atom stereocenters. The number of rotatable bonds is 7. The van der Waals surface area contributed by atoms with E-state index >= 15 is 8.78 Å². The highest BCUT2D eigenvalue weighted by Crippen LogP contribution is 2.77. The first-order chi connectivity index (χ1) is 19.0. The fraction of sp³-hybridized carbons (Fsp3) is 0.250. The topological polar surface area (TPSA) is 3.24 Å². The number of hydrogen-bond acceptors (Lipinski definition) is 1. The summed E-state index contributed by atoms with van der Waals surface area (Å²) in [5.74, 6) is -2.71. The van der Waals surface area contributed by atoms with Gasteiger partial charge in [0.15, 0.2) is 0 Å². The largest absolute Gasteiger partial charge is 0.248 e. The fourth-order valence-corrected chi connectivity index (χ4v) is 13.6. The van der Waals surface area contributed by atoms with Crippen molar-refractivity contribution in [2.45, 2.75) is 49.5 Å². The van der Waals surface area contributed by atoms with E-state index in [1.807, 2.05) is 12.1 Å². The molecule has 4 aromatic carbocycles. The van der Waals surface area contributed by atoms with Crippen LogP contribution in [0.15, 0.2) is 97.1 Å². The summed E-state index contributed by atoms with van der Waals surface area (Å²) in [5, 5.41) is 0.577. The summed E-state index contributed by atoms with van der Waals surface area (Å²) in [6, 6.07) is 28.2. The number of halogens is 4. The highest BCUT2D eigenvalue weighted by Gasteiger charge is 2.48. The molecule has 2 fully saturated rings. The second kappa shape index (κ2) is 11.5. The summed E-state index contributed by atoms with van der Waals surface area (Å²) < 4.78 is 61.9. The van der Waals surface area contributed by atoms with Gasteiger partial charge in [0.05, 0.1) is 0 Å². The maximum absolute atomic E-state index is 15.6. The smallest absolute Gasteiger partial charge is 0.135 e. The molecule has 200 valence electrons. The second-order valence-corrected chi connectivity index (χ2v) is 15.0. The summed E-state index contributed by atoms with van der Waals surface area (Å²) in [6.07, 6.45) is 4.87. The zero-order chi connectivity index (χ0) is 26.9. The van der Waals surface area contributed by atoms with Gasteiger partial charge in [0.1, 0.15) is 23.3 Å². The molecule has 1 saturated carbocycles. The van der Waals surface area contributed by atoms with Crippen LogP contribution in [0.25, 0.3) is 0 Å². The van der Waals surface area contributed by atoms with Gasteiger partial charge in [0.2, 0.25) is 0 Å². The van der Waals surface area contributed by atoms with Gasteiger partial charge in [-0.1, -0.05) is 67.1 Å². The maximum atomic E-state index is 15.6. The molecular formula is C32H29F4NP2. The molecular weight excluding hydrogens is 536 g/mol. The minimum absolute atomic E-state index is 0.145. The average Bonchev–Trinajstić information content (AvgIpc) is 3.35. The van der Waals surface area contributed by atoms with Crippen LogP contribution in [-0.2, 0) is 0 Å². The van der Waals surface area contributed by atoms with Crippen LogP contribution in [0.4, 0.5) is 17.6 Å². The van der Waals surface area contributed by atoms with Gasteiger partial charge >= 0.3 is 0 Å². The Labute approximate surface area is 229 Å². The van der Waals surface area contributed by atoms with Crippen molar-refractivity contribution in [3.8, 4) is 0 Å². The first kappa shape index (κ1) is 26.6. The molecule has 6 rings (SSSR count). The average molecular weight is 566 g/mol. The standard InChI is InChI=1S/C32H29F4NP2/c33-24-14-16-31(27(35)20-24)39(32-17-15-25(34)21-28(32)36)37(26-12-7-13-26)38-29(22-8-3-1-4-9-22)18-19-30(38)23-10-5-2-6-11-23/h1-6,8-11,14-17,20-21,26,29-30H,7,12-13,18-19H2/t29-,30-/m1/s1. The van der Waals surface area contributed by atoms with Crippen LogP contribution < -0.4 is 10.6 Å². The molecule has 0 radical (unpaired) electrons. The Bertz CT molecular complexity index is 1330. The van der Waals surface area contributed by atoms with Crippen LogP contribution in [-0.4, -0.2) is 10.5 Å². The molecule has 0 spiro atoms. The summed E-state index contributed by atoms with van der Waals surface area (Å²) >= 11 is 0. The Hall–Kier alpha value is -2.58. The van der Waals surface area contributed by atoms with Gasteiger partial charge in [0.25, 0.3) is 0 Å². The molecule has 2 aliphatic rings. The van der Waals surface area contributed by atoms with E-state index < -0.39 is 39.4 Å². The molecule has 0 bridgehead atoms. The van der Waals surface area contributed by atoms with Crippen molar-refractivity contribution in [2.75, 3.05) is 0 Å². The van der Waals surface area contributed by atoms with E-state index in [0.717, 1.165) is 44.2 Å². The first-order valence-electron chi connectivity index (χ1n) is 13.4. The monoisotopic (exact) mass is 565 g/mol. The van der Waals surface area contributed by atoms with Crippen molar-refractivity contribution >= 4 is 26.8 Å². The Balaban J connectivity index is 1.57. The van der Waals surface area contributed by atoms with Gasteiger partial charge < -0.3 is 0 Å². The van der Waals surface area contributed by atoms with Crippen molar-refractivity contribution in [3.63, 3.8) is 0 Å². The SMILES string of the molecule is Fc1ccc(P(c2ccc(F)cc2F)N(C2CCC2)P2[C@@H](c3ccccc3)CC[C@@H]2c2ccccc2)c(F)c1. The van der Waals surface area contributed by atoms with E-state index in [-0.39, 0.29) is 28.0 Å². The van der Waals surface area contributed by atoms with Gasteiger partial charge in [-0.05, 0) is 69.1 Å². The van der Waals surface area contributed by atoms with Gasteiger partial charge in [-0.2, -0.15) is 0 Å². The van der Waals surface area contributed by atoms with Gasteiger partial charge in [-0.3, -0.25) is 0 Å². The van der Waals surface area contributed by atoms with Crippen molar-refractivity contribution in [2.24, 2.45) is 0 Å². The van der Waals surface area contributed by atoms with E-state index in [2.05, 4.69) is 53.0 Å². The van der Waals surface area contributed by atoms with Gasteiger partial charge in [0, 0.05) is 48.2 Å². The van der Waals surface area contributed by atoms with E-state index in [4.69, 9.17) is 0 Å². The molecule has 7 heteroatoms. The third-order valence-corrected chi connectivity index (χ3v) is 14.6. The number of hydrogen-bond donors (Lipinski definition) is 0. The Morgan fingerprint density at radius 1 is 0.590 bits per heavy atom. The minimum atomic E-state index is -1.74. The lowest BCUT2D eigenvalue weighted by atomic mass is 9.94. The Morgan fingerprint density at radius 2 is 1.05 bits per heavy atom. The van der Waals surface area contributed by atoms with Crippen molar-refractivity contribution < 1.29 is 17.6 Å². The van der Waals surface area contributed by atoms with E-state index in [9.17, 15) is 8.78 Å². The van der Waals surface area contributed by atoms with Crippen LogP contribution in [0.3, 0.4) is 0 Å². The number of benzene rings is 4. The Kier molecular flexibility index (Phi) is 7.85. The van der Waals surface area contributed by atoms with Crippen LogP contribution in [0, 0.1) is 23.3 Å². The van der Waals surface area contributed by atoms with Gasteiger partial charge in [-0.15, -0.1) is 0 Å². The van der Waals surface area contributed by atoms with Crippen LogP contribution in [0.2, 0.25) is 0 Å². The molecule has 0 N–H and O–H groups in total. The maximum Gasteiger partial charge on any atom is 0.135 e. The van der Waals surface area contributed by atoms with Crippen LogP contribution in [0.5, 0.6) is 0 Å². The summed E-state index contributed by atoms with van der Waals surface area (Å²) in [4.78, 5) is 0. The summed E-state index contributed by atoms with van der Waals surface area (Å²) in [6.45, 7) is 0. The van der Waals surface area contributed by atoms with Crippen LogP contribution in [0.1, 0.15) is 54.5 Å². The molecule has 1 aliphatic carbocycles. The molecule has 4 aromatic rings. The molecule has 1 saturated heterocycles. The first-order valence-corrected chi connectivity index (χ1v) is 16.1. The highest BCUT2D eigenvalue weighted by molar-refractivity contribution is 7.79. The predicted octanol–water partition coefficient (Wildman–Crippen LogP) is 9.12. The highest BCUT2D eigenvalue weighted by atomic mass is 31.2. The lowest BCUT2D eigenvalue weighted by molar-refractivity contribution is 0.314.